The molecule has 0 spiro atoms. The van der Waals surface area contributed by atoms with Gasteiger partial charge in [-0.2, -0.15) is 0 Å². The zero-order valence-corrected chi connectivity index (χ0v) is 14.9. The summed E-state index contributed by atoms with van der Waals surface area (Å²) in [5.41, 5.74) is 0. The molecule has 0 saturated carbocycles. The Morgan fingerprint density at radius 3 is 1.27 bits per heavy atom. The first-order chi connectivity index (χ1) is 12.5. The molecule has 0 rings (SSSR count). The fourth-order valence-corrected chi connectivity index (χ4v) is 1.64. The lowest BCUT2D eigenvalue weighted by Crippen LogP contribution is -2.11. The summed E-state index contributed by atoms with van der Waals surface area (Å²) in [6, 6.07) is 0. The maximum Gasteiger partial charge on any atom is 0.330 e. The molecule has 26 heavy (non-hydrogen) atoms. The maximum absolute atomic E-state index is 11.5. The first-order valence-corrected chi connectivity index (χ1v) is 8.39. The van der Waals surface area contributed by atoms with Crippen molar-refractivity contribution in [3.05, 3.63) is 25.3 Å². The number of esters is 4. The van der Waals surface area contributed by atoms with Crippen LogP contribution in [0.25, 0.3) is 0 Å². The van der Waals surface area contributed by atoms with Gasteiger partial charge in [-0.3, -0.25) is 9.59 Å². The fraction of sp³-hybridized carbons (Fsp3) is 0.556. The predicted molar refractivity (Wildman–Crippen MR) is 91.9 cm³/mol. The van der Waals surface area contributed by atoms with Crippen molar-refractivity contribution in [1.29, 1.82) is 0 Å². The summed E-state index contributed by atoms with van der Waals surface area (Å²) in [5.74, 6) is -1.75. The lowest BCUT2D eigenvalue weighted by molar-refractivity contribution is -0.147. The number of unbranched alkanes of at least 4 members (excludes halogenated alkanes) is 1. The van der Waals surface area contributed by atoms with Gasteiger partial charge < -0.3 is 18.9 Å². The Kier molecular flexibility index (Phi) is 14.3. The van der Waals surface area contributed by atoms with Gasteiger partial charge in [-0.05, 0) is 12.8 Å². The predicted octanol–water partition coefficient (Wildman–Crippen LogP) is 1.87. The average molecular weight is 370 g/mol. The van der Waals surface area contributed by atoms with Crippen molar-refractivity contribution in [3.63, 3.8) is 0 Å². The number of carbonyl (C=O) groups excluding carboxylic acids is 4. The highest BCUT2D eigenvalue weighted by molar-refractivity contribution is 5.81. The Morgan fingerprint density at radius 1 is 0.577 bits per heavy atom. The van der Waals surface area contributed by atoms with Gasteiger partial charge in [-0.15, -0.1) is 0 Å². The van der Waals surface area contributed by atoms with E-state index in [4.69, 9.17) is 18.9 Å². The molecule has 8 heteroatoms. The molecule has 0 aromatic rings. The smallest absolute Gasteiger partial charge is 0.330 e. The first-order valence-electron chi connectivity index (χ1n) is 8.39. The molecule has 0 fully saturated rings. The van der Waals surface area contributed by atoms with Crippen LogP contribution in [0.1, 0.15) is 38.5 Å². The molecular weight excluding hydrogens is 344 g/mol. The summed E-state index contributed by atoms with van der Waals surface area (Å²) in [6.45, 7) is 7.19. The second-order valence-corrected chi connectivity index (χ2v) is 5.10. The number of carbonyl (C=O) groups is 4. The van der Waals surface area contributed by atoms with Gasteiger partial charge in [0.1, 0.15) is 0 Å². The topological polar surface area (TPSA) is 105 Å². The van der Waals surface area contributed by atoms with Gasteiger partial charge in [0.25, 0.3) is 0 Å². The van der Waals surface area contributed by atoms with Gasteiger partial charge in [0, 0.05) is 37.8 Å². The molecule has 0 aliphatic carbocycles. The summed E-state index contributed by atoms with van der Waals surface area (Å²) >= 11 is 0. The Balaban J connectivity index is 3.46. The third kappa shape index (κ3) is 14.9. The number of hydrogen-bond donors (Lipinski definition) is 0. The van der Waals surface area contributed by atoms with E-state index in [1.807, 2.05) is 0 Å². The van der Waals surface area contributed by atoms with E-state index in [1.54, 1.807) is 0 Å². The van der Waals surface area contributed by atoms with Crippen LogP contribution in [0.5, 0.6) is 0 Å². The van der Waals surface area contributed by atoms with E-state index in [1.165, 1.54) is 0 Å². The minimum absolute atomic E-state index is 0.163. The molecule has 146 valence electrons. The quantitative estimate of drug-likeness (QED) is 0.186. The molecule has 0 aliphatic rings. The molecule has 0 aromatic heterocycles. The number of hydrogen-bond acceptors (Lipinski definition) is 8. The molecule has 0 bridgehead atoms. The van der Waals surface area contributed by atoms with Crippen molar-refractivity contribution in [2.75, 3.05) is 26.4 Å². The third-order valence-electron chi connectivity index (χ3n) is 2.94. The van der Waals surface area contributed by atoms with Crippen LogP contribution in [0.2, 0.25) is 0 Å². The van der Waals surface area contributed by atoms with Crippen LogP contribution in [-0.4, -0.2) is 50.3 Å². The largest absolute Gasteiger partial charge is 0.466 e. The zero-order valence-electron chi connectivity index (χ0n) is 14.9. The summed E-state index contributed by atoms with van der Waals surface area (Å²) in [7, 11) is 0. The highest BCUT2D eigenvalue weighted by atomic mass is 16.6. The van der Waals surface area contributed by atoms with E-state index in [2.05, 4.69) is 13.2 Å². The SMILES string of the molecule is C=CC(=O)OCCCOC(=O)CCCCC(=O)OCCCOC(=O)C=C. The molecule has 0 aliphatic heterocycles. The molecule has 0 N–H and O–H groups in total. The molecule has 0 atom stereocenters. The van der Waals surface area contributed by atoms with Crippen LogP contribution in [0.15, 0.2) is 25.3 Å². The standard InChI is InChI=1S/C18H26O8/c1-3-15(19)23-11-7-13-25-17(21)9-5-6-10-18(22)26-14-8-12-24-16(20)4-2/h3-4H,1-2,5-14H2. The van der Waals surface area contributed by atoms with Crippen molar-refractivity contribution >= 4 is 23.9 Å². The highest BCUT2D eigenvalue weighted by Gasteiger charge is 2.06. The van der Waals surface area contributed by atoms with Crippen LogP contribution < -0.4 is 0 Å². The van der Waals surface area contributed by atoms with E-state index >= 15 is 0 Å². The Labute approximate surface area is 153 Å². The average Bonchev–Trinajstić information content (AvgIpc) is 2.64. The summed E-state index contributed by atoms with van der Waals surface area (Å²) < 4.78 is 19.4. The van der Waals surface area contributed by atoms with E-state index in [9.17, 15) is 19.2 Å². The number of rotatable bonds is 15. The Bertz CT molecular complexity index is 440. The molecule has 8 nitrogen and oxygen atoms in total. The Morgan fingerprint density at radius 2 is 0.923 bits per heavy atom. The van der Waals surface area contributed by atoms with Crippen molar-refractivity contribution in [3.8, 4) is 0 Å². The second kappa shape index (κ2) is 15.9. The Hall–Kier alpha value is -2.64. The van der Waals surface area contributed by atoms with Crippen molar-refractivity contribution < 1.29 is 38.1 Å². The molecule has 0 radical (unpaired) electrons. The number of ether oxygens (including phenoxy) is 4. The van der Waals surface area contributed by atoms with Gasteiger partial charge in [0.2, 0.25) is 0 Å². The van der Waals surface area contributed by atoms with Crippen molar-refractivity contribution in [2.45, 2.75) is 38.5 Å². The summed E-state index contributed by atoms with van der Waals surface area (Å²) in [6.07, 6.45) is 4.39. The van der Waals surface area contributed by atoms with Crippen LogP contribution in [0, 0.1) is 0 Å². The minimum Gasteiger partial charge on any atom is -0.466 e. The van der Waals surface area contributed by atoms with Crippen molar-refractivity contribution in [2.24, 2.45) is 0 Å². The minimum atomic E-state index is -0.513. The summed E-state index contributed by atoms with van der Waals surface area (Å²) in [4.78, 5) is 44.4. The van der Waals surface area contributed by atoms with Gasteiger partial charge in [0.05, 0.1) is 26.4 Å². The second-order valence-electron chi connectivity index (χ2n) is 5.10. The molecular formula is C18H26O8. The van der Waals surface area contributed by atoms with Crippen LogP contribution >= 0.6 is 0 Å². The molecule has 0 heterocycles. The molecule has 0 saturated heterocycles. The molecule has 0 unspecified atom stereocenters. The lowest BCUT2D eigenvalue weighted by Gasteiger charge is -2.06. The fourth-order valence-electron chi connectivity index (χ4n) is 1.64. The third-order valence-corrected chi connectivity index (χ3v) is 2.94. The summed E-state index contributed by atoms with van der Waals surface area (Å²) in [5, 5.41) is 0. The van der Waals surface area contributed by atoms with Crippen LogP contribution in [0.4, 0.5) is 0 Å². The lowest BCUT2D eigenvalue weighted by atomic mass is 10.2. The first kappa shape index (κ1) is 23.4. The van der Waals surface area contributed by atoms with E-state index in [0.29, 0.717) is 25.7 Å². The van der Waals surface area contributed by atoms with Crippen LogP contribution in [0.3, 0.4) is 0 Å². The van der Waals surface area contributed by atoms with E-state index < -0.39 is 11.9 Å². The maximum atomic E-state index is 11.5. The van der Waals surface area contributed by atoms with Gasteiger partial charge >= 0.3 is 23.9 Å². The van der Waals surface area contributed by atoms with Crippen molar-refractivity contribution in [1.82, 2.24) is 0 Å². The monoisotopic (exact) mass is 370 g/mol. The van der Waals surface area contributed by atoms with E-state index in [0.717, 1.165) is 12.2 Å². The van der Waals surface area contributed by atoms with Gasteiger partial charge in [-0.1, -0.05) is 13.2 Å². The van der Waals surface area contributed by atoms with Gasteiger partial charge in [-0.25, -0.2) is 9.59 Å². The molecule has 0 amide bonds. The van der Waals surface area contributed by atoms with Crippen LogP contribution in [-0.2, 0) is 38.1 Å². The molecule has 0 aromatic carbocycles. The van der Waals surface area contributed by atoms with Gasteiger partial charge in [0.15, 0.2) is 0 Å². The zero-order chi connectivity index (χ0) is 19.6. The normalized spacial score (nSPS) is 9.69. The van der Waals surface area contributed by atoms with E-state index in [-0.39, 0.29) is 51.2 Å². The highest BCUT2D eigenvalue weighted by Crippen LogP contribution is 2.03.